The number of carbonyl (C=O) groups is 1. The van der Waals surface area contributed by atoms with Gasteiger partial charge in [0.1, 0.15) is 11.6 Å². The van der Waals surface area contributed by atoms with Gasteiger partial charge in [-0.25, -0.2) is 4.98 Å². The van der Waals surface area contributed by atoms with Gasteiger partial charge in [0.15, 0.2) is 0 Å². The fourth-order valence-corrected chi connectivity index (χ4v) is 3.02. The van der Waals surface area contributed by atoms with E-state index in [1.165, 1.54) is 0 Å². The van der Waals surface area contributed by atoms with Crippen molar-refractivity contribution < 1.29 is 9.53 Å². The first-order valence-electron chi connectivity index (χ1n) is 9.47. The van der Waals surface area contributed by atoms with Crippen molar-refractivity contribution in [2.45, 2.75) is 26.3 Å². The molecule has 0 radical (unpaired) electrons. The Morgan fingerprint density at radius 3 is 2.63 bits per heavy atom. The number of carbonyl (C=O) groups excluding carboxylic acids is 1. The summed E-state index contributed by atoms with van der Waals surface area (Å²) in [4.78, 5) is 19.2. The Hall–Kier alpha value is -2.60. The summed E-state index contributed by atoms with van der Waals surface area (Å²) in [6, 6.07) is 11.6. The maximum atomic E-state index is 12.4. The Bertz CT molecular complexity index is 744. The lowest BCUT2D eigenvalue weighted by Gasteiger charge is -2.17. The van der Waals surface area contributed by atoms with E-state index in [-0.39, 0.29) is 5.91 Å². The molecule has 0 aliphatic carbocycles. The summed E-state index contributed by atoms with van der Waals surface area (Å²) in [6.07, 6.45) is 2.83. The standard InChI is InChI=1S/C21H28N4O2/c1-15(2)14-27-19-7-4-16(5-8-19)21(26)24-17-6-9-20(23-12-17)25-11-10-18(13-25)22-3/h4-9,12,15,18,22H,10-11,13-14H2,1-3H3,(H,24,26). The molecule has 1 aromatic heterocycles. The van der Waals surface area contributed by atoms with Gasteiger partial charge in [-0.05, 0) is 55.8 Å². The topological polar surface area (TPSA) is 66.5 Å². The molecule has 1 aromatic carbocycles. The molecule has 3 rings (SSSR count). The van der Waals surface area contributed by atoms with Gasteiger partial charge in [-0.1, -0.05) is 13.8 Å². The van der Waals surface area contributed by atoms with Crippen LogP contribution in [0.15, 0.2) is 42.6 Å². The number of benzene rings is 1. The van der Waals surface area contributed by atoms with Crippen LogP contribution in [-0.2, 0) is 0 Å². The van der Waals surface area contributed by atoms with Crippen LogP contribution in [0.4, 0.5) is 11.5 Å². The van der Waals surface area contributed by atoms with E-state index < -0.39 is 0 Å². The molecule has 144 valence electrons. The Morgan fingerprint density at radius 1 is 1.26 bits per heavy atom. The molecule has 0 saturated carbocycles. The number of hydrogen-bond donors (Lipinski definition) is 2. The van der Waals surface area contributed by atoms with E-state index in [1.807, 2.05) is 31.3 Å². The average molecular weight is 368 g/mol. The number of pyridine rings is 1. The quantitative estimate of drug-likeness (QED) is 0.786. The second-order valence-electron chi connectivity index (χ2n) is 7.31. The fourth-order valence-electron chi connectivity index (χ4n) is 3.02. The first-order chi connectivity index (χ1) is 13.0. The number of ether oxygens (including phenoxy) is 1. The number of hydrogen-bond acceptors (Lipinski definition) is 5. The first-order valence-corrected chi connectivity index (χ1v) is 9.47. The average Bonchev–Trinajstić information content (AvgIpc) is 3.16. The van der Waals surface area contributed by atoms with E-state index in [4.69, 9.17) is 4.74 Å². The van der Waals surface area contributed by atoms with Crippen molar-refractivity contribution in [3.63, 3.8) is 0 Å². The van der Waals surface area contributed by atoms with Crippen LogP contribution in [-0.4, -0.2) is 43.7 Å². The molecule has 1 aliphatic heterocycles. The molecular weight excluding hydrogens is 340 g/mol. The lowest BCUT2D eigenvalue weighted by atomic mass is 10.2. The molecule has 1 aliphatic rings. The molecule has 1 fully saturated rings. The Balaban J connectivity index is 1.56. The lowest BCUT2D eigenvalue weighted by molar-refractivity contribution is 0.102. The predicted octanol–water partition coefficient (Wildman–Crippen LogP) is 3.17. The van der Waals surface area contributed by atoms with E-state index in [0.717, 1.165) is 31.1 Å². The van der Waals surface area contributed by atoms with Gasteiger partial charge in [0.2, 0.25) is 0 Å². The van der Waals surface area contributed by atoms with Crippen LogP contribution in [0.3, 0.4) is 0 Å². The van der Waals surface area contributed by atoms with Crippen LogP contribution in [0, 0.1) is 5.92 Å². The summed E-state index contributed by atoms with van der Waals surface area (Å²) in [5, 5.41) is 6.19. The summed E-state index contributed by atoms with van der Waals surface area (Å²) < 4.78 is 5.65. The second-order valence-corrected chi connectivity index (χ2v) is 7.31. The molecule has 1 unspecified atom stereocenters. The van der Waals surface area contributed by atoms with E-state index in [9.17, 15) is 4.79 Å². The Morgan fingerprint density at radius 2 is 2.04 bits per heavy atom. The van der Waals surface area contributed by atoms with Gasteiger partial charge in [0.25, 0.3) is 5.91 Å². The number of likely N-dealkylation sites (N-methyl/N-ethyl adjacent to an activating group) is 1. The van der Waals surface area contributed by atoms with Crippen molar-refractivity contribution in [3.05, 3.63) is 48.2 Å². The number of amides is 1. The minimum atomic E-state index is -0.156. The van der Waals surface area contributed by atoms with Gasteiger partial charge in [0, 0.05) is 24.7 Å². The molecule has 2 heterocycles. The smallest absolute Gasteiger partial charge is 0.255 e. The molecule has 1 amide bonds. The Kier molecular flexibility index (Phi) is 6.29. The summed E-state index contributed by atoms with van der Waals surface area (Å²) >= 11 is 0. The van der Waals surface area contributed by atoms with Crippen LogP contribution in [0.1, 0.15) is 30.6 Å². The maximum Gasteiger partial charge on any atom is 0.255 e. The SMILES string of the molecule is CNC1CCN(c2ccc(NC(=O)c3ccc(OCC(C)C)cc3)cn2)C1. The van der Waals surface area contributed by atoms with E-state index in [2.05, 4.69) is 34.4 Å². The van der Waals surface area contributed by atoms with Crippen LogP contribution in [0.25, 0.3) is 0 Å². The minimum Gasteiger partial charge on any atom is -0.493 e. The maximum absolute atomic E-state index is 12.4. The number of nitrogens with zero attached hydrogens (tertiary/aromatic N) is 2. The molecular formula is C21H28N4O2. The number of rotatable bonds is 7. The third kappa shape index (κ3) is 5.20. The van der Waals surface area contributed by atoms with Crippen molar-refractivity contribution in [3.8, 4) is 5.75 Å². The van der Waals surface area contributed by atoms with E-state index in [1.54, 1.807) is 18.3 Å². The van der Waals surface area contributed by atoms with Crippen molar-refractivity contribution in [1.29, 1.82) is 0 Å². The van der Waals surface area contributed by atoms with Gasteiger partial charge < -0.3 is 20.3 Å². The third-order valence-electron chi connectivity index (χ3n) is 4.63. The molecule has 27 heavy (non-hydrogen) atoms. The highest BCUT2D eigenvalue weighted by molar-refractivity contribution is 6.04. The Labute approximate surface area is 160 Å². The number of anilines is 2. The van der Waals surface area contributed by atoms with Crippen molar-refractivity contribution in [2.75, 3.05) is 37.0 Å². The molecule has 6 heteroatoms. The molecule has 1 atom stereocenters. The first kappa shape index (κ1) is 19.2. The molecule has 0 spiro atoms. The lowest BCUT2D eigenvalue weighted by Crippen LogP contribution is -2.29. The molecule has 6 nitrogen and oxygen atoms in total. The van der Waals surface area contributed by atoms with Crippen LogP contribution in [0.5, 0.6) is 5.75 Å². The minimum absolute atomic E-state index is 0.156. The molecule has 0 bridgehead atoms. The van der Waals surface area contributed by atoms with Gasteiger partial charge in [-0.15, -0.1) is 0 Å². The van der Waals surface area contributed by atoms with E-state index >= 15 is 0 Å². The molecule has 2 aromatic rings. The van der Waals surface area contributed by atoms with Crippen molar-refractivity contribution in [2.24, 2.45) is 5.92 Å². The summed E-state index contributed by atoms with van der Waals surface area (Å²) in [5.74, 6) is 2.03. The van der Waals surface area contributed by atoms with Crippen molar-refractivity contribution in [1.82, 2.24) is 10.3 Å². The summed E-state index contributed by atoms with van der Waals surface area (Å²) in [7, 11) is 1.99. The predicted molar refractivity (Wildman–Crippen MR) is 109 cm³/mol. The third-order valence-corrected chi connectivity index (χ3v) is 4.63. The highest BCUT2D eigenvalue weighted by atomic mass is 16.5. The molecule has 1 saturated heterocycles. The van der Waals surface area contributed by atoms with Gasteiger partial charge >= 0.3 is 0 Å². The molecule has 2 N–H and O–H groups in total. The zero-order valence-electron chi connectivity index (χ0n) is 16.2. The summed E-state index contributed by atoms with van der Waals surface area (Å²) in [5.41, 5.74) is 1.28. The van der Waals surface area contributed by atoms with Gasteiger partial charge in [0.05, 0.1) is 18.5 Å². The number of nitrogens with one attached hydrogen (secondary N) is 2. The number of aromatic nitrogens is 1. The second kappa shape index (κ2) is 8.86. The summed E-state index contributed by atoms with van der Waals surface area (Å²) in [6.45, 7) is 6.82. The zero-order chi connectivity index (χ0) is 19.2. The van der Waals surface area contributed by atoms with Crippen LogP contribution in [0.2, 0.25) is 0 Å². The largest absolute Gasteiger partial charge is 0.493 e. The normalized spacial score (nSPS) is 16.6. The van der Waals surface area contributed by atoms with Crippen LogP contribution < -0.4 is 20.3 Å². The van der Waals surface area contributed by atoms with Crippen LogP contribution >= 0.6 is 0 Å². The van der Waals surface area contributed by atoms with E-state index in [0.29, 0.717) is 29.8 Å². The van der Waals surface area contributed by atoms with Gasteiger partial charge in [-0.2, -0.15) is 0 Å². The zero-order valence-corrected chi connectivity index (χ0v) is 16.2. The highest BCUT2D eigenvalue weighted by Crippen LogP contribution is 2.20. The van der Waals surface area contributed by atoms with Gasteiger partial charge in [-0.3, -0.25) is 4.79 Å². The monoisotopic (exact) mass is 368 g/mol. The van der Waals surface area contributed by atoms with Crippen molar-refractivity contribution >= 4 is 17.4 Å². The fraction of sp³-hybridized carbons (Fsp3) is 0.429. The highest BCUT2D eigenvalue weighted by Gasteiger charge is 2.21.